The van der Waals surface area contributed by atoms with Gasteiger partial charge in [-0.1, -0.05) is 6.07 Å². The van der Waals surface area contributed by atoms with Gasteiger partial charge in [-0.3, -0.25) is 14.4 Å². The fourth-order valence-electron chi connectivity index (χ4n) is 1.89. The Bertz CT molecular complexity index is 713. The van der Waals surface area contributed by atoms with Gasteiger partial charge in [0, 0.05) is 4.88 Å². The van der Waals surface area contributed by atoms with Crippen LogP contribution in [0.1, 0.15) is 27.9 Å². The van der Waals surface area contributed by atoms with E-state index >= 15 is 0 Å². The van der Waals surface area contributed by atoms with Gasteiger partial charge in [0.2, 0.25) is 5.91 Å². The van der Waals surface area contributed by atoms with E-state index in [-0.39, 0.29) is 18.7 Å². The summed E-state index contributed by atoms with van der Waals surface area (Å²) in [6.07, 6.45) is 0.0157. The van der Waals surface area contributed by atoms with Gasteiger partial charge < -0.3 is 19.8 Å². The molecular weight excluding hydrogens is 400 g/mol. The summed E-state index contributed by atoms with van der Waals surface area (Å²) in [5.41, 5.74) is 0. The highest BCUT2D eigenvalue weighted by atomic mass is 79.9. The Labute approximate surface area is 150 Å². The summed E-state index contributed by atoms with van der Waals surface area (Å²) in [7, 11) is 1.29. The predicted octanol–water partition coefficient (Wildman–Crippen LogP) is 2.25. The number of amides is 2. The maximum atomic E-state index is 12.0. The Balaban J connectivity index is 1.90. The molecule has 0 bridgehead atoms. The van der Waals surface area contributed by atoms with Gasteiger partial charge in [-0.15, -0.1) is 11.3 Å². The number of carbonyl (C=O) groups is 3. The predicted molar refractivity (Wildman–Crippen MR) is 90.6 cm³/mol. The molecule has 0 saturated carbocycles. The van der Waals surface area contributed by atoms with Crippen LogP contribution in [0.4, 0.5) is 0 Å². The van der Waals surface area contributed by atoms with Gasteiger partial charge in [-0.2, -0.15) is 0 Å². The van der Waals surface area contributed by atoms with Crippen LogP contribution in [0.25, 0.3) is 0 Å². The second-order valence-electron chi connectivity index (χ2n) is 4.70. The third-order valence-electron chi connectivity index (χ3n) is 3.03. The normalized spacial score (nSPS) is 11.6. The number of esters is 1. The number of nitrogens with one attached hydrogen (secondary N) is 2. The van der Waals surface area contributed by atoms with Crippen molar-refractivity contribution in [3.8, 4) is 0 Å². The zero-order valence-electron chi connectivity index (χ0n) is 12.7. The summed E-state index contributed by atoms with van der Waals surface area (Å²) >= 11 is 4.52. The first-order valence-corrected chi connectivity index (χ1v) is 8.60. The minimum atomic E-state index is -0.503. The minimum absolute atomic E-state index is 0.0157. The van der Waals surface area contributed by atoms with E-state index in [4.69, 9.17) is 4.42 Å². The first kappa shape index (κ1) is 18.2. The van der Waals surface area contributed by atoms with Gasteiger partial charge in [-0.05, 0) is 39.5 Å². The maximum absolute atomic E-state index is 12.0. The van der Waals surface area contributed by atoms with Crippen molar-refractivity contribution in [1.82, 2.24) is 10.6 Å². The monoisotopic (exact) mass is 414 g/mol. The number of halogens is 1. The van der Waals surface area contributed by atoms with Gasteiger partial charge in [0.05, 0.1) is 26.1 Å². The topological polar surface area (TPSA) is 97.6 Å². The first-order valence-electron chi connectivity index (χ1n) is 6.92. The Morgan fingerprint density at radius 1 is 1.33 bits per heavy atom. The zero-order chi connectivity index (χ0) is 17.5. The summed E-state index contributed by atoms with van der Waals surface area (Å²) in [6, 6.07) is 6.21. The third kappa shape index (κ3) is 5.20. The van der Waals surface area contributed by atoms with Crippen molar-refractivity contribution in [3.05, 3.63) is 45.0 Å². The first-order chi connectivity index (χ1) is 11.5. The molecule has 0 aliphatic carbocycles. The van der Waals surface area contributed by atoms with Crippen molar-refractivity contribution >= 4 is 45.1 Å². The minimum Gasteiger partial charge on any atom is -0.469 e. The quantitative estimate of drug-likeness (QED) is 0.677. The number of thiophene rings is 1. The molecule has 2 amide bonds. The maximum Gasteiger partial charge on any atom is 0.307 e. The molecule has 0 aliphatic rings. The fraction of sp³-hybridized carbons (Fsp3) is 0.267. The van der Waals surface area contributed by atoms with Crippen molar-refractivity contribution < 1.29 is 23.5 Å². The van der Waals surface area contributed by atoms with Gasteiger partial charge in [-0.25, -0.2) is 0 Å². The van der Waals surface area contributed by atoms with Crippen LogP contribution >= 0.6 is 27.3 Å². The molecule has 2 heterocycles. The van der Waals surface area contributed by atoms with E-state index in [1.54, 1.807) is 6.07 Å². The van der Waals surface area contributed by atoms with Crippen LogP contribution in [-0.2, 0) is 14.3 Å². The van der Waals surface area contributed by atoms with E-state index in [1.807, 2.05) is 17.5 Å². The van der Waals surface area contributed by atoms with Crippen LogP contribution in [0.15, 0.2) is 38.7 Å². The van der Waals surface area contributed by atoms with E-state index < -0.39 is 23.8 Å². The molecule has 1 unspecified atom stereocenters. The fourth-order valence-corrected chi connectivity index (χ4v) is 2.98. The number of furan rings is 1. The van der Waals surface area contributed by atoms with Crippen molar-refractivity contribution in [1.29, 1.82) is 0 Å². The Morgan fingerprint density at radius 2 is 2.12 bits per heavy atom. The smallest absolute Gasteiger partial charge is 0.307 e. The van der Waals surface area contributed by atoms with Crippen LogP contribution in [0.2, 0.25) is 0 Å². The Morgan fingerprint density at radius 3 is 2.71 bits per heavy atom. The lowest BCUT2D eigenvalue weighted by atomic mass is 10.1. The highest BCUT2D eigenvalue weighted by Crippen LogP contribution is 2.22. The molecule has 24 heavy (non-hydrogen) atoms. The summed E-state index contributed by atoms with van der Waals surface area (Å²) in [4.78, 5) is 36.2. The lowest BCUT2D eigenvalue weighted by molar-refractivity contribution is -0.141. The van der Waals surface area contributed by atoms with Crippen LogP contribution < -0.4 is 10.6 Å². The van der Waals surface area contributed by atoms with Crippen molar-refractivity contribution in [2.45, 2.75) is 12.5 Å². The van der Waals surface area contributed by atoms with Crippen LogP contribution in [0.3, 0.4) is 0 Å². The molecule has 2 aromatic rings. The van der Waals surface area contributed by atoms with Crippen molar-refractivity contribution in [2.24, 2.45) is 0 Å². The highest BCUT2D eigenvalue weighted by molar-refractivity contribution is 9.10. The largest absolute Gasteiger partial charge is 0.469 e. The summed E-state index contributed by atoms with van der Waals surface area (Å²) in [5.74, 6) is -1.26. The number of methoxy groups -OCH3 is 1. The van der Waals surface area contributed by atoms with Gasteiger partial charge in [0.1, 0.15) is 0 Å². The summed E-state index contributed by atoms with van der Waals surface area (Å²) < 4.78 is 10.2. The molecule has 9 heteroatoms. The SMILES string of the molecule is COC(=O)CC(NC(=O)CNC(=O)c1ccc(Br)o1)c1cccs1. The lowest BCUT2D eigenvalue weighted by Gasteiger charge is -2.16. The van der Waals surface area contributed by atoms with Gasteiger partial charge >= 0.3 is 5.97 Å². The van der Waals surface area contributed by atoms with Crippen LogP contribution in [0.5, 0.6) is 0 Å². The lowest BCUT2D eigenvalue weighted by Crippen LogP contribution is -2.39. The molecule has 2 N–H and O–H groups in total. The molecule has 1 atom stereocenters. The second-order valence-corrected chi connectivity index (χ2v) is 6.46. The van der Waals surface area contributed by atoms with E-state index in [0.717, 1.165) is 4.88 Å². The Kier molecular flexibility index (Phi) is 6.56. The van der Waals surface area contributed by atoms with Crippen LogP contribution in [-0.4, -0.2) is 31.4 Å². The molecule has 0 radical (unpaired) electrons. The number of hydrogen-bond donors (Lipinski definition) is 2. The second kappa shape index (κ2) is 8.65. The average Bonchev–Trinajstić information content (AvgIpc) is 3.23. The molecule has 2 rings (SSSR count). The van der Waals surface area contributed by atoms with E-state index in [9.17, 15) is 14.4 Å². The molecule has 0 saturated heterocycles. The summed E-state index contributed by atoms with van der Waals surface area (Å²) in [5, 5.41) is 7.01. The molecule has 128 valence electrons. The number of ether oxygens (including phenoxy) is 1. The third-order valence-corrected chi connectivity index (χ3v) is 4.44. The molecule has 0 spiro atoms. The number of carbonyl (C=O) groups excluding carboxylic acids is 3. The van der Waals surface area contributed by atoms with E-state index in [2.05, 4.69) is 31.3 Å². The molecule has 2 aromatic heterocycles. The van der Waals surface area contributed by atoms with Crippen molar-refractivity contribution in [3.63, 3.8) is 0 Å². The van der Waals surface area contributed by atoms with Gasteiger partial charge in [0.15, 0.2) is 10.4 Å². The Hall–Kier alpha value is -2.13. The summed E-state index contributed by atoms with van der Waals surface area (Å²) in [6.45, 7) is -0.236. The zero-order valence-corrected chi connectivity index (χ0v) is 15.1. The van der Waals surface area contributed by atoms with E-state index in [0.29, 0.717) is 4.67 Å². The molecule has 0 fully saturated rings. The average molecular weight is 415 g/mol. The highest BCUT2D eigenvalue weighted by Gasteiger charge is 2.20. The molecular formula is C15H15BrN2O5S. The number of rotatable bonds is 7. The van der Waals surface area contributed by atoms with E-state index in [1.165, 1.54) is 24.5 Å². The molecule has 0 aromatic carbocycles. The van der Waals surface area contributed by atoms with Gasteiger partial charge in [0.25, 0.3) is 5.91 Å². The molecule has 7 nitrogen and oxygen atoms in total. The van der Waals surface area contributed by atoms with Crippen molar-refractivity contribution in [2.75, 3.05) is 13.7 Å². The standard InChI is InChI=1S/C15H15BrN2O5S/c1-22-14(20)7-9(11-3-2-6-24-11)18-13(19)8-17-15(21)10-4-5-12(16)23-10/h2-6,9H,7-8H2,1H3,(H,17,21)(H,18,19). The number of hydrogen-bond acceptors (Lipinski definition) is 6. The molecule has 0 aliphatic heterocycles. The van der Waals surface area contributed by atoms with Crippen LogP contribution in [0, 0.1) is 0 Å².